The van der Waals surface area contributed by atoms with Crippen LogP contribution in [0.3, 0.4) is 0 Å². The van der Waals surface area contributed by atoms with Crippen LogP contribution in [0.15, 0.2) is 51.6 Å². The summed E-state index contributed by atoms with van der Waals surface area (Å²) < 4.78 is 15.7. The Morgan fingerprint density at radius 2 is 2.12 bits per heavy atom. The fourth-order valence-electron chi connectivity index (χ4n) is 2.65. The molecule has 0 spiro atoms. The van der Waals surface area contributed by atoms with Gasteiger partial charge in [0.2, 0.25) is 11.7 Å². The highest BCUT2D eigenvalue weighted by atomic mass is 16.5. The van der Waals surface area contributed by atoms with Crippen LogP contribution in [-0.2, 0) is 22.6 Å². The summed E-state index contributed by atoms with van der Waals surface area (Å²) in [6, 6.07) is 10.2. The van der Waals surface area contributed by atoms with Crippen molar-refractivity contribution in [3.63, 3.8) is 0 Å². The summed E-state index contributed by atoms with van der Waals surface area (Å²) in [6.45, 7) is -0.00311. The first-order valence-electron chi connectivity index (χ1n) is 7.78. The topological polar surface area (TPSA) is 94.6 Å². The molecule has 25 heavy (non-hydrogen) atoms. The normalized spacial score (nSPS) is 13.2. The van der Waals surface area contributed by atoms with Crippen molar-refractivity contribution in [1.29, 1.82) is 0 Å². The third-order valence-electron chi connectivity index (χ3n) is 3.91. The minimum absolute atomic E-state index is 0.00311. The van der Waals surface area contributed by atoms with E-state index in [0.717, 1.165) is 11.3 Å². The number of aryl methyl sites for hydroxylation is 1. The fraction of sp³-hybridized carbons (Fsp3) is 0.167. The molecule has 0 atom stereocenters. The number of carbonyl (C=O) groups excluding carboxylic acids is 2. The van der Waals surface area contributed by atoms with Crippen molar-refractivity contribution in [3.8, 4) is 11.5 Å². The molecule has 4 rings (SSSR count). The average Bonchev–Trinajstić information content (AvgIpc) is 3.30. The second kappa shape index (κ2) is 6.27. The highest BCUT2D eigenvalue weighted by molar-refractivity contribution is 5.96. The lowest BCUT2D eigenvalue weighted by molar-refractivity contribution is -0.116. The van der Waals surface area contributed by atoms with Crippen LogP contribution in [0.1, 0.15) is 28.0 Å². The van der Waals surface area contributed by atoms with Gasteiger partial charge in [-0.1, -0.05) is 5.16 Å². The van der Waals surface area contributed by atoms with Crippen LogP contribution in [-0.4, -0.2) is 17.0 Å². The monoisotopic (exact) mass is 338 g/mol. The maximum atomic E-state index is 12.2. The first-order chi connectivity index (χ1) is 12.2. The Morgan fingerprint density at radius 3 is 2.96 bits per heavy atom. The zero-order chi connectivity index (χ0) is 17.2. The van der Waals surface area contributed by atoms with E-state index in [-0.39, 0.29) is 12.5 Å². The zero-order valence-electron chi connectivity index (χ0n) is 13.2. The molecule has 1 N–H and O–H groups in total. The number of benzene rings is 1. The Balaban J connectivity index is 1.42. The Morgan fingerprint density at radius 1 is 1.20 bits per heavy atom. The molecular formula is C18H14N2O5. The molecule has 0 saturated heterocycles. The number of anilines is 1. The molecule has 7 heteroatoms. The summed E-state index contributed by atoms with van der Waals surface area (Å²) in [7, 11) is 0. The van der Waals surface area contributed by atoms with Gasteiger partial charge in [-0.2, -0.15) is 0 Å². The standard InChI is InChI=1S/C18H14N2O5/c21-17-6-4-11-8-12(3-5-14(11)19-17)18(22)24-10-13-9-16(25-20-13)15-2-1-7-23-15/h1-3,5,7-9H,4,6,10H2,(H,19,21). The Bertz CT molecular complexity index is 927. The molecule has 2 aromatic heterocycles. The lowest BCUT2D eigenvalue weighted by atomic mass is 10.0. The van der Waals surface area contributed by atoms with Crippen molar-refractivity contribution in [2.45, 2.75) is 19.4 Å². The lowest BCUT2D eigenvalue weighted by Crippen LogP contribution is -2.19. The van der Waals surface area contributed by atoms with Gasteiger partial charge in [0.1, 0.15) is 12.3 Å². The highest BCUT2D eigenvalue weighted by Gasteiger charge is 2.18. The predicted octanol–water partition coefficient (Wildman–Crippen LogP) is 3.18. The minimum Gasteiger partial charge on any atom is -0.461 e. The summed E-state index contributed by atoms with van der Waals surface area (Å²) in [5.41, 5.74) is 2.60. The number of esters is 1. The summed E-state index contributed by atoms with van der Waals surface area (Å²) in [5.74, 6) is 0.561. The van der Waals surface area contributed by atoms with E-state index in [2.05, 4.69) is 10.5 Å². The van der Waals surface area contributed by atoms with Crippen molar-refractivity contribution in [3.05, 3.63) is 59.5 Å². The third-order valence-corrected chi connectivity index (χ3v) is 3.91. The van der Waals surface area contributed by atoms with E-state index in [1.165, 1.54) is 6.26 Å². The number of rotatable bonds is 4. The summed E-state index contributed by atoms with van der Waals surface area (Å²) in [4.78, 5) is 23.6. The number of amides is 1. The zero-order valence-corrected chi connectivity index (χ0v) is 13.2. The molecule has 1 aliphatic rings. The van der Waals surface area contributed by atoms with Gasteiger partial charge in [-0.05, 0) is 42.3 Å². The third kappa shape index (κ3) is 3.16. The second-order valence-electron chi connectivity index (χ2n) is 5.66. The van der Waals surface area contributed by atoms with Crippen molar-refractivity contribution >= 4 is 17.6 Å². The number of hydrogen-bond acceptors (Lipinski definition) is 6. The van der Waals surface area contributed by atoms with Crippen LogP contribution in [0.4, 0.5) is 5.69 Å². The van der Waals surface area contributed by atoms with E-state index < -0.39 is 5.97 Å². The van der Waals surface area contributed by atoms with Crippen molar-refractivity contribution in [2.75, 3.05) is 5.32 Å². The number of nitrogens with zero attached hydrogens (tertiary/aromatic N) is 1. The number of hydrogen-bond donors (Lipinski definition) is 1. The molecule has 0 fully saturated rings. The molecule has 126 valence electrons. The van der Waals surface area contributed by atoms with Crippen LogP contribution < -0.4 is 5.32 Å². The highest BCUT2D eigenvalue weighted by Crippen LogP contribution is 2.24. The van der Waals surface area contributed by atoms with Gasteiger partial charge in [-0.3, -0.25) is 4.79 Å². The number of fused-ring (bicyclic) bond motifs is 1. The van der Waals surface area contributed by atoms with Crippen molar-refractivity contribution < 1.29 is 23.3 Å². The molecule has 3 heterocycles. The summed E-state index contributed by atoms with van der Waals surface area (Å²) >= 11 is 0. The minimum atomic E-state index is -0.456. The molecule has 1 amide bonds. The Hall–Kier alpha value is -3.35. The van der Waals surface area contributed by atoms with Gasteiger partial charge in [0.05, 0.1) is 11.8 Å². The van der Waals surface area contributed by atoms with Gasteiger partial charge in [0, 0.05) is 18.2 Å². The van der Waals surface area contributed by atoms with Gasteiger partial charge in [0.15, 0.2) is 5.76 Å². The summed E-state index contributed by atoms with van der Waals surface area (Å²) in [6.07, 6.45) is 2.56. The van der Waals surface area contributed by atoms with Crippen LogP contribution >= 0.6 is 0 Å². The van der Waals surface area contributed by atoms with E-state index in [4.69, 9.17) is 13.7 Å². The van der Waals surface area contributed by atoms with Crippen LogP contribution in [0.25, 0.3) is 11.5 Å². The first-order valence-corrected chi connectivity index (χ1v) is 7.78. The van der Waals surface area contributed by atoms with Gasteiger partial charge in [-0.25, -0.2) is 4.79 Å². The SMILES string of the molecule is O=C1CCc2cc(C(=O)OCc3cc(-c4ccco4)on3)ccc2N1. The smallest absolute Gasteiger partial charge is 0.338 e. The molecule has 1 aromatic carbocycles. The summed E-state index contributed by atoms with van der Waals surface area (Å²) in [5, 5.41) is 6.63. The fourth-order valence-corrected chi connectivity index (χ4v) is 2.65. The number of carbonyl (C=O) groups is 2. The molecule has 1 aliphatic heterocycles. The van der Waals surface area contributed by atoms with E-state index in [1.54, 1.807) is 36.4 Å². The van der Waals surface area contributed by atoms with Gasteiger partial charge in [0.25, 0.3) is 0 Å². The first kappa shape index (κ1) is 15.2. The number of furan rings is 1. The molecule has 0 aliphatic carbocycles. The van der Waals surface area contributed by atoms with Gasteiger partial charge >= 0.3 is 5.97 Å². The van der Waals surface area contributed by atoms with Crippen LogP contribution in [0, 0.1) is 0 Å². The molecule has 0 radical (unpaired) electrons. The molecular weight excluding hydrogens is 324 g/mol. The van der Waals surface area contributed by atoms with E-state index in [1.807, 2.05) is 0 Å². The maximum Gasteiger partial charge on any atom is 0.338 e. The van der Waals surface area contributed by atoms with E-state index >= 15 is 0 Å². The molecule has 0 bridgehead atoms. The maximum absolute atomic E-state index is 12.2. The average molecular weight is 338 g/mol. The lowest BCUT2D eigenvalue weighted by Gasteiger charge is -2.17. The van der Waals surface area contributed by atoms with Gasteiger partial charge < -0.3 is 19.0 Å². The molecule has 7 nitrogen and oxygen atoms in total. The Kier molecular flexibility index (Phi) is 3.81. The number of nitrogens with one attached hydrogen (secondary N) is 1. The largest absolute Gasteiger partial charge is 0.461 e. The van der Waals surface area contributed by atoms with Gasteiger partial charge in [-0.15, -0.1) is 0 Å². The van der Waals surface area contributed by atoms with E-state index in [0.29, 0.717) is 35.6 Å². The van der Waals surface area contributed by atoms with Crippen LogP contribution in [0.2, 0.25) is 0 Å². The molecule has 0 saturated carbocycles. The Labute approximate surface area is 142 Å². The second-order valence-corrected chi connectivity index (χ2v) is 5.66. The van der Waals surface area contributed by atoms with Crippen molar-refractivity contribution in [2.24, 2.45) is 0 Å². The quantitative estimate of drug-likeness (QED) is 0.734. The number of ether oxygens (including phenoxy) is 1. The predicted molar refractivity (Wildman–Crippen MR) is 86.7 cm³/mol. The van der Waals surface area contributed by atoms with E-state index in [9.17, 15) is 9.59 Å². The number of aromatic nitrogens is 1. The van der Waals surface area contributed by atoms with Crippen LogP contribution in [0.5, 0.6) is 0 Å². The van der Waals surface area contributed by atoms with Crippen molar-refractivity contribution in [1.82, 2.24) is 5.16 Å². The molecule has 0 unspecified atom stereocenters. The molecule has 3 aromatic rings.